The average molecular weight is 682 g/mol. The lowest BCUT2D eigenvalue weighted by atomic mass is 9.76. The van der Waals surface area contributed by atoms with Crippen molar-refractivity contribution in [2.24, 2.45) is 0 Å². The molecule has 8 nitrogen and oxygen atoms in total. The second-order valence-corrected chi connectivity index (χ2v) is 14.3. The number of rotatable bonds is 21. The number of methoxy groups -OCH3 is 2. The molecule has 3 unspecified atom stereocenters. The zero-order valence-electron chi connectivity index (χ0n) is 29.0. The third kappa shape index (κ3) is 11.2. The molecule has 0 heterocycles. The number of hydrogen-bond donors (Lipinski definition) is 1. The van der Waals surface area contributed by atoms with Crippen molar-refractivity contribution < 1.29 is 23.3 Å². The molecule has 0 saturated heterocycles. The van der Waals surface area contributed by atoms with Crippen LogP contribution in [0.25, 0.3) is 0 Å². The molecule has 0 saturated carbocycles. The van der Waals surface area contributed by atoms with Gasteiger partial charge >= 0.3 is 0 Å². The van der Waals surface area contributed by atoms with E-state index < -0.39 is 23.0 Å². The van der Waals surface area contributed by atoms with Gasteiger partial charge in [0.25, 0.3) is 0 Å². The van der Waals surface area contributed by atoms with Crippen LogP contribution in [-0.4, -0.2) is 61.2 Å². The minimum Gasteiger partial charge on any atom is -0.612 e. The molecule has 0 aliphatic heterocycles. The van der Waals surface area contributed by atoms with E-state index in [0.29, 0.717) is 18.7 Å². The third-order valence-electron chi connectivity index (χ3n) is 8.09. The zero-order chi connectivity index (χ0) is 34.2. The molecule has 3 aromatic rings. The maximum atomic E-state index is 12.2. The van der Waals surface area contributed by atoms with Crippen molar-refractivity contribution in [3.05, 3.63) is 89.5 Å². The summed E-state index contributed by atoms with van der Waals surface area (Å²) < 4.78 is 37.4. The third-order valence-corrected chi connectivity index (χ3v) is 10.6. The van der Waals surface area contributed by atoms with Crippen molar-refractivity contribution in [2.75, 3.05) is 33.6 Å². The number of hydrogen-bond acceptors (Lipinski definition) is 8. The summed E-state index contributed by atoms with van der Waals surface area (Å²) >= 11 is -1.07. The Kier molecular flexibility index (Phi) is 16.5. The van der Waals surface area contributed by atoms with E-state index >= 15 is 0 Å². The molecule has 0 aliphatic carbocycles. The van der Waals surface area contributed by atoms with Crippen LogP contribution >= 0.6 is 8.96 Å². The molecule has 0 fully saturated rings. The number of benzene rings is 3. The SMILES string of the molecule is COc1ccc(C(NCCCCCCOC(CC#N)OPN(C(C)C)C(C)C)(c2ccc(OC)cc2)c2ccc([S+](C)[O-])cc2)cc1. The number of nitriles is 1. The fourth-order valence-electron chi connectivity index (χ4n) is 5.59. The van der Waals surface area contributed by atoms with Crippen LogP contribution in [0.4, 0.5) is 0 Å². The Balaban J connectivity index is 1.70. The van der Waals surface area contributed by atoms with Crippen molar-refractivity contribution in [1.82, 2.24) is 9.99 Å². The van der Waals surface area contributed by atoms with Crippen LogP contribution in [0.2, 0.25) is 0 Å². The van der Waals surface area contributed by atoms with Crippen LogP contribution < -0.4 is 14.8 Å². The number of nitrogens with one attached hydrogen (secondary N) is 1. The first-order chi connectivity index (χ1) is 22.7. The Morgan fingerprint density at radius 3 is 1.74 bits per heavy atom. The van der Waals surface area contributed by atoms with Crippen LogP contribution in [0.5, 0.6) is 11.5 Å². The highest BCUT2D eigenvalue weighted by atomic mass is 32.2. The predicted molar refractivity (Wildman–Crippen MR) is 193 cm³/mol. The Hall–Kier alpha value is -2.67. The summed E-state index contributed by atoms with van der Waals surface area (Å²) in [4.78, 5) is 0.786. The lowest BCUT2D eigenvalue weighted by molar-refractivity contribution is -0.0730. The number of nitrogens with zero attached hydrogens (tertiary/aromatic N) is 2. The molecule has 3 aromatic carbocycles. The quantitative estimate of drug-likeness (QED) is 0.0400. The Morgan fingerprint density at radius 1 is 0.809 bits per heavy atom. The maximum Gasteiger partial charge on any atom is 0.175 e. The van der Waals surface area contributed by atoms with Gasteiger partial charge in [-0.15, -0.1) is 0 Å². The first-order valence-corrected chi connectivity index (χ1v) is 18.7. The summed E-state index contributed by atoms with van der Waals surface area (Å²) in [5.74, 6) is 1.58. The standard InChI is InChI=1S/C37H52N3O5PS/c1-28(2)40(29(3)4)46-45-36(24-25-38)44-27-11-9-8-10-26-39-37(30-12-18-33(42-5)19-13-30,31-14-20-34(43-6)21-15-31)32-16-22-35(23-17-32)47(7)41/h12-23,28-29,36,39,46H,8-11,24,26-27H2,1-7H3. The Labute approximate surface area is 287 Å². The first-order valence-electron chi connectivity index (χ1n) is 16.3. The van der Waals surface area contributed by atoms with E-state index in [2.05, 4.69) is 80.1 Å². The van der Waals surface area contributed by atoms with Gasteiger partial charge in [-0.2, -0.15) is 5.26 Å². The smallest absolute Gasteiger partial charge is 0.175 e. The predicted octanol–water partition coefficient (Wildman–Crippen LogP) is 7.78. The van der Waals surface area contributed by atoms with Gasteiger partial charge in [-0.25, -0.2) is 0 Å². The summed E-state index contributed by atoms with van der Waals surface area (Å²) in [7, 11) is 3.50. The first kappa shape index (κ1) is 38.8. The van der Waals surface area contributed by atoms with E-state index in [-0.39, 0.29) is 15.4 Å². The molecule has 1 N–H and O–H groups in total. The number of ether oxygens (including phenoxy) is 3. The highest BCUT2D eigenvalue weighted by molar-refractivity contribution is 7.90. The summed E-state index contributed by atoms with van der Waals surface area (Å²) in [6.07, 6.45) is 5.28. The van der Waals surface area contributed by atoms with E-state index in [9.17, 15) is 9.81 Å². The van der Waals surface area contributed by atoms with Gasteiger partial charge in [0, 0.05) is 18.7 Å². The van der Waals surface area contributed by atoms with Crippen LogP contribution in [0.15, 0.2) is 77.7 Å². The highest BCUT2D eigenvalue weighted by Gasteiger charge is 2.36. The zero-order valence-corrected chi connectivity index (χ0v) is 30.8. The molecule has 10 heteroatoms. The Bertz CT molecular complexity index is 1290. The van der Waals surface area contributed by atoms with Gasteiger partial charge in [0.2, 0.25) is 0 Å². The van der Waals surface area contributed by atoms with Crippen LogP contribution in [0, 0.1) is 11.3 Å². The number of unbranched alkanes of at least 4 members (excludes halogenated alkanes) is 3. The monoisotopic (exact) mass is 681 g/mol. The normalized spacial score (nSPS) is 13.4. The van der Waals surface area contributed by atoms with Crippen molar-refractivity contribution >= 4 is 20.1 Å². The molecular weight excluding hydrogens is 629 g/mol. The van der Waals surface area contributed by atoms with Crippen molar-refractivity contribution in [3.8, 4) is 17.6 Å². The topological polar surface area (TPSA) is 99.0 Å². The molecule has 47 heavy (non-hydrogen) atoms. The van der Waals surface area contributed by atoms with Gasteiger partial charge < -0.3 is 23.3 Å². The minimum absolute atomic E-state index is 0.160. The van der Waals surface area contributed by atoms with Gasteiger partial charge in [-0.3, -0.25) is 9.99 Å². The average Bonchev–Trinajstić information content (AvgIpc) is 3.07. The van der Waals surface area contributed by atoms with Crippen LogP contribution in [-0.2, 0) is 26.0 Å². The van der Waals surface area contributed by atoms with Crippen molar-refractivity contribution in [2.45, 2.75) is 88.6 Å². The molecule has 3 atom stereocenters. The van der Waals surface area contributed by atoms with E-state index in [1.807, 2.05) is 36.4 Å². The molecular formula is C37H52N3O5PS. The second kappa shape index (κ2) is 20.0. The largest absolute Gasteiger partial charge is 0.612 e. The summed E-state index contributed by atoms with van der Waals surface area (Å²) in [6, 6.07) is 27.3. The lowest BCUT2D eigenvalue weighted by Gasteiger charge is -2.37. The van der Waals surface area contributed by atoms with E-state index in [1.54, 1.807) is 20.5 Å². The van der Waals surface area contributed by atoms with Gasteiger partial charge in [0.05, 0.1) is 41.2 Å². The fourth-order valence-corrected chi connectivity index (χ4v) is 6.92. The van der Waals surface area contributed by atoms with Crippen molar-refractivity contribution in [1.29, 1.82) is 5.26 Å². The van der Waals surface area contributed by atoms with Crippen molar-refractivity contribution in [3.63, 3.8) is 0 Å². The summed E-state index contributed by atoms with van der Waals surface area (Å²) in [5, 5.41) is 13.2. The molecule has 0 spiro atoms. The molecule has 0 aliphatic rings. The molecule has 0 amide bonds. The van der Waals surface area contributed by atoms with Crippen LogP contribution in [0.1, 0.15) is 76.5 Å². The highest BCUT2D eigenvalue weighted by Crippen LogP contribution is 2.39. The van der Waals surface area contributed by atoms with Gasteiger partial charge in [-0.1, -0.05) is 49.2 Å². The van der Waals surface area contributed by atoms with E-state index in [0.717, 1.165) is 65.3 Å². The minimum atomic E-state index is -1.07. The van der Waals surface area contributed by atoms with Gasteiger partial charge in [0.1, 0.15) is 17.8 Å². The lowest BCUT2D eigenvalue weighted by Crippen LogP contribution is -2.45. The molecule has 0 bridgehead atoms. The molecule has 3 rings (SSSR count). The fraction of sp³-hybridized carbons (Fsp3) is 0.486. The van der Waals surface area contributed by atoms with E-state index in [1.165, 1.54) is 0 Å². The molecule has 0 aromatic heterocycles. The summed E-state index contributed by atoms with van der Waals surface area (Å²) in [5.41, 5.74) is 2.52. The summed E-state index contributed by atoms with van der Waals surface area (Å²) in [6.45, 7) is 9.91. The maximum absolute atomic E-state index is 12.2. The van der Waals surface area contributed by atoms with E-state index in [4.69, 9.17) is 18.7 Å². The van der Waals surface area contributed by atoms with Gasteiger partial charge in [-0.05, 0) is 111 Å². The molecule has 256 valence electrons. The molecule has 0 radical (unpaired) electrons. The van der Waals surface area contributed by atoms with Crippen LogP contribution in [0.3, 0.4) is 0 Å². The Morgan fingerprint density at radius 2 is 1.30 bits per heavy atom. The van der Waals surface area contributed by atoms with Gasteiger partial charge in [0.15, 0.2) is 11.2 Å². The second-order valence-electron chi connectivity index (χ2n) is 12.0.